The van der Waals surface area contributed by atoms with Crippen LogP contribution in [0.15, 0.2) is 41.4 Å². The van der Waals surface area contributed by atoms with Gasteiger partial charge in [-0.1, -0.05) is 19.1 Å². The number of anilines is 1. The average molecular weight is 343 g/mol. The van der Waals surface area contributed by atoms with Crippen molar-refractivity contribution >= 4 is 11.6 Å². The van der Waals surface area contributed by atoms with Gasteiger partial charge in [0.1, 0.15) is 11.6 Å². The minimum absolute atomic E-state index is 0.187. The van der Waals surface area contributed by atoms with Gasteiger partial charge in [-0.05, 0) is 48.2 Å². The van der Waals surface area contributed by atoms with Crippen LogP contribution in [0.2, 0.25) is 0 Å². The lowest BCUT2D eigenvalue weighted by Gasteiger charge is -2.20. The second-order valence-electron chi connectivity index (χ2n) is 5.86. The number of aryl methyl sites for hydroxylation is 1. The highest BCUT2D eigenvalue weighted by Crippen LogP contribution is 2.29. The summed E-state index contributed by atoms with van der Waals surface area (Å²) >= 11 is 0. The van der Waals surface area contributed by atoms with Gasteiger partial charge in [0.15, 0.2) is 12.8 Å². The Morgan fingerprint density at radius 3 is 3.04 bits per heavy atom. The van der Waals surface area contributed by atoms with Crippen LogP contribution in [0, 0.1) is 5.82 Å². The lowest BCUT2D eigenvalue weighted by molar-refractivity contribution is -0.0172. The molecule has 5 nitrogen and oxygen atoms in total. The minimum atomic E-state index is -0.297. The number of ether oxygens (including phenoxy) is 2. The quantitative estimate of drug-likeness (QED) is 0.646. The first-order valence-electron chi connectivity index (χ1n) is 8.33. The number of fused-ring (bicyclic) bond motifs is 1. The molecule has 132 valence electrons. The summed E-state index contributed by atoms with van der Waals surface area (Å²) in [4.78, 5) is 4.32. The number of rotatable bonds is 5. The van der Waals surface area contributed by atoms with Gasteiger partial charge in [-0.25, -0.2) is 4.39 Å². The summed E-state index contributed by atoms with van der Waals surface area (Å²) in [5, 5.41) is 3.08. The van der Waals surface area contributed by atoms with E-state index in [0.717, 1.165) is 23.2 Å². The Bertz CT molecular complexity index is 777. The van der Waals surface area contributed by atoms with Gasteiger partial charge in [-0.3, -0.25) is 4.99 Å². The highest BCUT2D eigenvalue weighted by molar-refractivity contribution is 5.92. The van der Waals surface area contributed by atoms with E-state index in [0.29, 0.717) is 31.3 Å². The molecule has 0 saturated heterocycles. The van der Waals surface area contributed by atoms with Crippen molar-refractivity contribution in [3.63, 3.8) is 0 Å². The van der Waals surface area contributed by atoms with E-state index in [1.165, 1.54) is 17.7 Å². The number of hydrogen-bond acceptors (Lipinski definition) is 3. The van der Waals surface area contributed by atoms with E-state index in [1.807, 2.05) is 18.2 Å². The van der Waals surface area contributed by atoms with Crippen LogP contribution in [-0.4, -0.2) is 19.3 Å². The Labute approximate surface area is 146 Å². The smallest absolute Gasteiger partial charge is 0.193 e. The number of hydrogen-bond donors (Lipinski definition) is 2. The first-order valence-corrected chi connectivity index (χ1v) is 8.33. The number of nitrogens with zero attached hydrogens (tertiary/aromatic N) is 1. The topological polar surface area (TPSA) is 68.9 Å². The van der Waals surface area contributed by atoms with Crippen LogP contribution in [0.1, 0.15) is 23.6 Å². The highest BCUT2D eigenvalue weighted by atomic mass is 19.1. The molecule has 0 bridgehead atoms. The molecule has 3 rings (SSSR count). The summed E-state index contributed by atoms with van der Waals surface area (Å²) in [6.07, 6.45) is 1.50. The SMILES string of the molecule is CCc1cccc(NC(N)=NCCc2cc(F)cc3c2OCOC3)c1. The molecule has 2 aromatic carbocycles. The average Bonchev–Trinajstić information content (AvgIpc) is 2.61. The lowest BCUT2D eigenvalue weighted by Crippen LogP contribution is -2.23. The zero-order valence-electron chi connectivity index (χ0n) is 14.2. The first-order chi connectivity index (χ1) is 12.2. The van der Waals surface area contributed by atoms with Gasteiger partial charge in [0.25, 0.3) is 0 Å². The van der Waals surface area contributed by atoms with Crippen molar-refractivity contribution < 1.29 is 13.9 Å². The van der Waals surface area contributed by atoms with E-state index in [2.05, 4.69) is 23.3 Å². The van der Waals surface area contributed by atoms with Crippen LogP contribution in [0.4, 0.5) is 10.1 Å². The maximum atomic E-state index is 13.7. The molecule has 3 N–H and O–H groups in total. The molecular formula is C19H22FN3O2. The van der Waals surface area contributed by atoms with Crippen LogP contribution in [0.3, 0.4) is 0 Å². The van der Waals surface area contributed by atoms with Crippen molar-refractivity contribution in [1.82, 2.24) is 0 Å². The van der Waals surface area contributed by atoms with E-state index < -0.39 is 0 Å². The second kappa shape index (κ2) is 7.98. The number of guanidine groups is 1. The third-order valence-corrected chi connectivity index (χ3v) is 4.02. The van der Waals surface area contributed by atoms with Crippen LogP contribution in [0.5, 0.6) is 5.75 Å². The normalized spacial score (nSPS) is 13.9. The Morgan fingerprint density at radius 1 is 1.32 bits per heavy atom. The third-order valence-electron chi connectivity index (χ3n) is 4.02. The van der Waals surface area contributed by atoms with Crippen molar-refractivity contribution in [3.8, 4) is 5.75 Å². The molecule has 1 aliphatic rings. The number of aliphatic imine (C=N–C) groups is 1. The number of halogens is 1. The fourth-order valence-corrected chi connectivity index (χ4v) is 2.80. The molecule has 0 aromatic heterocycles. The fraction of sp³-hybridized carbons (Fsp3) is 0.316. The van der Waals surface area contributed by atoms with Crippen molar-refractivity contribution in [3.05, 3.63) is 58.9 Å². The first kappa shape index (κ1) is 17.2. The molecule has 0 amide bonds. The molecule has 1 aliphatic heterocycles. The molecule has 0 radical (unpaired) electrons. The molecule has 0 unspecified atom stereocenters. The summed E-state index contributed by atoms with van der Waals surface area (Å²) in [6.45, 7) is 3.09. The van der Waals surface area contributed by atoms with Gasteiger partial charge in [-0.15, -0.1) is 0 Å². The van der Waals surface area contributed by atoms with Gasteiger partial charge in [-0.2, -0.15) is 0 Å². The van der Waals surface area contributed by atoms with Crippen molar-refractivity contribution in [2.24, 2.45) is 10.7 Å². The summed E-state index contributed by atoms with van der Waals surface area (Å²) < 4.78 is 24.4. The van der Waals surface area contributed by atoms with Gasteiger partial charge in [0, 0.05) is 17.8 Å². The largest absolute Gasteiger partial charge is 0.467 e. The molecule has 0 fully saturated rings. The monoisotopic (exact) mass is 343 g/mol. The van der Waals surface area contributed by atoms with Gasteiger partial charge >= 0.3 is 0 Å². The van der Waals surface area contributed by atoms with Gasteiger partial charge < -0.3 is 20.5 Å². The third kappa shape index (κ3) is 4.48. The summed E-state index contributed by atoms with van der Waals surface area (Å²) in [7, 11) is 0. The van der Waals surface area contributed by atoms with Gasteiger partial charge in [0.2, 0.25) is 0 Å². The van der Waals surface area contributed by atoms with E-state index in [-0.39, 0.29) is 12.6 Å². The van der Waals surface area contributed by atoms with Crippen LogP contribution < -0.4 is 15.8 Å². The van der Waals surface area contributed by atoms with Gasteiger partial charge in [0.05, 0.1) is 6.61 Å². The zero-order valence-corrected chi connectivity index (χ0v) is 14.2. The predicted octanol–water partition coefficient (Wildman–Crippen LogP) is 3.22. The fourth-order valence-electron chi connectivity index (χ4n) is 2.80. The number of nitrogens with one attached hydrogen (secondary N) is 1. The lowest BCUT2D eigenvalue weighted by atomic mass is 10.1. The molecule has 6 heteroatoms. The Morgan fingerprint density at radius 2 is 2.20 bits per heavy atom. The zero-order chi connectivity index (χ0) is 17.6. The van der Waals surface area contributed by atoms with Crippen LogP contribution in [-0.2, 0) is 24.2 Å². The molecule has 0 atom stereocenters. The number of nitrogens with two attached hydrogens (primary N) is 1. The van der Waals surface area contributed by atoms with Crippen LogP contribution in [0.25, 0.3) is 0 Å². The maximum Gasteiger partial charge on any atom is 0.193 e. The molecule has 25 heavy (non-hydrogen) atoms. The van der Waals surface area contributed by atoms with Crippen molar-refractivity contribution in [1.29, 1.82) is 0 Å². The predicted molar refractivity (Wildman–Crippen MR) is 96.3 cm³/mol. The molecule has 0 spiro atoms. The number of benzene rings is 2. The standard InChI is InChI=1S/C19H22FN3O2/c1-2-13-4-3-5-17(8-13)23-19(21)22-7-6-14-9-16(20)10-15-11-24-12-25-18(14)15/h3-5,8-10H,2,6-7,11-12H2,1H3,(H3,21,22,23). The highest BCUT2D eigenvalue weighted by Gasteiger charge is 2.16. The van der Waals surface area contributed by atoms with Crippen molar-refractivity contribution in [2.75, 3.05) is 18.7 Å². The Hall–Kier alpha value is -2.60. The minimum Gasteiger partial charge on any atom is -0.467 e. The van der Waals surface area contributed by atoms with E-state index in [1.54, 1.807) is 0 Å². The maximum absolute atomic E-state index is 13.7. The Balaban J connectivity index is 1.63. The molecule has 2 aromatic rings. The molecular weight excluding hydrogens is 321 g/mol. The summed E-state index contributed by atoms with van der Waals surface area (Å²) in [5.41, 5.74) is 9.58. The van der Waals surface area contributed by atoms with Crippen LogP contribution >= 0.6 is 0 Å². The molecule has 0 aliphatic carbocycles. The van der Waals surface area contributed by atoms with E-state index in [4.69, 9.17) is 15.2 Å². The van der Waals surface area contributed by atoms with E-state index in [9.17, 15) is 4.39 Å². The molecule has 0 saturated carbocycles. The summed E-state index contributed by atoms with van der Waals surface area (Å²) in [5.74, 6) is 0.738. The molecule has 1 heterocycles. The second-order valence-corrected chi connectivity index (χ2v) is 5.86. The Kier molecular flexibility index (Phi) is 5.50. The van der Waals surface area contributed by atoms with E-state index >= 15 is 0 Å². The summed E-state index contributed by atoms with van der Waals surface area (Å²) in [6, 6.07) is 11.0. The van der Waals surface area contributed by atoms with Crippen molar-refractivity contribution in [2.45, 2.75) is 26.4 Å².